The van der Waals surface area contributed by atoms with Crippen molar-refractivity contribution in [2.75, 3.05) is 5.32 Å². The van der Waals surface area contributed by atoms with Gasteiger partial charge in [0.05, 0.1) is 11.4 Å². The predicted octanol–water partition coefficient (Wildman–Crippen LogP) is 4.65. The number of benzene rings is 2. The standard InChI is InChI=1S/C25H27N3O2/c1-16-11-19-22(13-25(2,3)14-23(19)29)28(16)21-10-9-18(24(26)30)12-20(21)27-15-17-7-5-4-6-8-17/h4-12,27H,13-15H2,1-3H3,(H2,26,30). The summed E-state index contributed by atoms with van der Waals surface area (Å²) >= 11 is 0. The minimum atomic E-state index is -0.466. The molecule has 0 radical (unpaired) electrons. The first kappa shape index (κ1) is 20.0. The Morgan fingerprint density at radius 2 is 1.83 bits per heavy atom. The maximum atomic E-state index is 12.7. The summed E-state index contributed by atoms with van der Waals surface area (Å²) in [6.07, 6.45) is 1.38. The zero-order chi connectivity index (χ0) is 21.5. The van der Waals surface area contributed by atoms with E-state index < -0.39 is 5.91 Å². The molecule has 1 amide bonds. The van der Waals surface area contributed by atoms with Crippen LogP contribution in [0.3, 0.4) is 0 Å². The number of ketones is 1. The predicted molar refractivity (Wildman–Crippen MR) is 119 cm³/mol. The van der Waals surface area contributed by atoms with Crippen molar-refractivity contribution in [1.29, 1.82) is 0 Å². The number of hydrogen-bond acceptors (Lipinski definition) is 3. The Bertz CT molecular complexity index is 1130. The second-order valence-corrected chi connectivity index (χ2v) is 8.86. The number of anilines is 1. The van der Waals surface area contributed by atoms with Crippen LogP contribution < -0.4 is 11.1 Å². The number of carbonyl (C=O) groups is 2. The molecule has 0 aliphatic heterocycles. The number of aromatic nitrogens is 1. The smallest absolute Gasteiger partial charge is 0.248 e. The van der Waals surface area contributed by atoms with Gasteiger partial charge in [0.2, 0.25) is 5.91 Å². The van der Waals surface area contributed by atoms with Crippen molar-refractivity contribution >= 4 is 17.4 Å². The van der Waals surface area contributed by atoms with Crippen LogP contribution in [0.4, 0.5) is 5.69 Å². The normalized spacial score (nSPS) is 15.0. The molecule has 30 heavy (non-hydrogen) atoms. The molecule has 5 heteroatoms. The van der Waals surface area contributed by atoms with Crippen LogP contribution in [0.25, 0.3) is 5.69 Å². The van der Waals surface area contributed by atoms with Gasteiger partial charge in [-0.1, -0.05) is 44.2 Å². The zero-order valence-electron chi connectivity index (χ0n) is 17.7. The lowest BCUT2D eigenvalue weighted by Crippen LogP contribution is -2.28. The van der Waals surface area contributed by atoms with Gasteiger partial charge in [-0.3, -0.25) is 9.59 Å². The van der Waals surface area contributed by atoms with Crippen molar-refractivity contribution in [3.63, 3.8) is 0 Å². The lowest BCUT2D eigenvalue weighted by molar-refractivity contribution is 0.0910. The van der Waals surface area contributed by atoms with Crippen molar-refractivity contribution < 1.29 is 9.59 Å². The molecular formula is C25H27N3O2. The van der Waals surface area contributed by atoms with E-state index in [1.807, 2.05) is 37.3 Å². The Balaban J connectivity index is 1.81. The van der Waals surface area contributed by atoms with Gasteiger partial charge in [-0.2, -0.15) is 0 Å². The number of hydrogen-bond donors (Lipinski definition) is 2. The highest BCUT2D eigenvalue weighted by molar-refractivity contribution is 5.99. The molecule has 0 saturated carbocycles. The molecule has 3 aromatic rings. The fourth-order valence-electron chi connectivity index (χ4n) is 4.31. The number of nitrogens with two attached hydrogens (primary N) is 1. The summed E-state index contributed by atoms with van der Waals surface area (Å²) < 4.78 is 2.15. The molecule has 0 unspecified atom stereocenters. The van der Waals surface area contributed by atoms with Gasteiger partial charge in [-0.25, -0.2) is 0 Å². The third-order valence-electron chi connectivity index (χ3n) is 5.72. The summed E-state index contributed by atoms with van der Waals surface area (Å²) in [6.45, 7) is 6.89. The zero-order valence-corrected chi connectivity index (χ0v) is 17.7. The average molecular weight is 402 g/mol. The SMILES string of the molecule is Cc1cc2c(n1-c1ccc(C(N)=O)cc1NCc1ccccc1)CC(C)(C)CC2=O. The number of nitrogens with one attached hydrogen (secondary N) is 1. The highest BCUT2D eigenvalue weighted by Crippen LogP contribution is 2.38. The summed E-state index contributed by atoms with van der Waals surface area (Å²) in [4.78, 5) is 24.5. The van der Waals surface area contributed by atoms with E-state index in [-0.39, 0.29) is 11.2 Å². The van der Waals surface area contributed by atoms with E-state index in [1.165, 1.54) is 0 Å². The molecule has 0 spiro atoms. The van der Waals surface area contributed by atoms with E-state index >= 15 is 0 Å². The van der Waals surface area contributed by atoms with Gasteiger partial charge in [-0.15, -0.1) is 0 Å². The molecule has 1 heterocycles. The Morgan fingerprint density at radius 1 is 1.10 bits per heavy atom. The summed E-state index contributed by atoms with van der Waals surface area (Å²) in [7, 11) is 0. The van der Waals surface area contributed by atoms with Crippen LogP contribution >= 0.6 is 0 Å². The summed E-state index contributed by atoms with van der Waals surface area (Å²) in [6, 6.07) is 17.5. The van der Waals surface area contributed by atoms with Crippen molar-refractivity contribution in [2.45, 2.75) is 40.2 Å². The highest BCUT2D eigenvalue weighted by atomic mass is 16.1. The van der Waals surface area contributed by atoms with Gasteiger partial charge in [0, 0.05) is 35.5 Å². The minimum absolute atomic E-state index is 0.0859. The second kappa shape index (κ2) is 7.48. The third kappa shape index (κ3) is 3.75. The average Bonchev–Trinajstić information content (AvgIpc) is 3.02. The van der Waals surface area contributed by atoms with Gasteiger partial charge in [-0.05, 0) is 48.6 Å². The van der Waals surface area contributed by atoms with E-state index in [0.717, 1.165) is 40.3 Å². The fourth-order valence-corrected chi connectivity index (χ4v) is 4.31. The summed E-state index contributed by atoms with van der Waals surface area (Å²) in [5.74, 6) is -0.275. The first-order chi connectivity index (χ1) is 14.2. The number of nitrogens with zero attached hydrogens (tertiary/aromatic N) is 1. The maximum Gasteiger partial charge on any atom is 0.248 e. The van der Waals surface area contributed by atoms with Crippen molar-refractivity contribution in [3.05, 3.63) is 82.7 Å². The molecule has 154 valence electrons. The monoisotopic (exact) mass is 401 g/mol. The molecule has 0 fully saturated rings. The van der Waals surface area contributed by atoms with Crippen LogP contribution in [0.2, 0.25) is 0 Å². The molecule has 2 aromatic carbocycles. The quantitative estimate of drug-likeness (QED) is 0.653. The topological polar surface area (TPSA) is 77.1 Å². The summed E-state index contributed by atoms with van der Waals surface area (Å²) in [5.41, 5.74) is 11.6. The summed E-state index contributed by atoms with van der Waals surface area (Å²) in [5, 5.41) is 3.47. The third-order valence-corrected chi connectivity index (χ3v) is 5.72. The lowest BCUT2D eigenvalue weighted by Gasteiger charge is -2.30. The van der Waals surface area contributed by atoms with Gasteiger partial charge >= 0.3 is 0 Å². The largest absolute Gasteiger partial charge is 0.379 e. The molecule has 0 atom stereocenters. The van der Waals surface area contributed by atoms with Crippen LogP contribution in [0.1, 0.15) is 57.9 Å². The Morgan fingerprint density at radius 3 is 2.53 bits per heavy atom. The van der Waals surface area contributed by atoms with Crippen LogP contribution in [0.15, 0.2) is 54.6 Å². The van der Waals surface area contributed by atoms with Gasteiger partial charge in [0.25, 0.3) is 0 Å². The number of aryl methyl sites for hydroxylation is 1. The molecule has 4 rings (SSSR count). The van der Waals surface area contributed by atoms with Crippen molar-refractivity contribution in [1.82, 2.24) is 4.57 Å². The number of Topliss-reactive ketones (excluding diaryl/α,β-unsaturated/α-hetero) is 1. The van der Waals surface area contributed by atoms with Crippen LogP contribution in [0.5, 0.6) is 0 Å². The second-order valence-electron chi connectivity index (χ2n) is 8.86. The number of carbonyl (C=O) groups excluding carboxylic acids is 2. The van der Waals surface area contributed by atoms with Gasteiger partial charge in [0.15, 0.2) is 5.78 Å². The minimum Gasteiger partial charge on any atom is -0.379 e. The van der Waals surface area contributed by atoms with Crippen molar-refractivity contribution in [3.8, 4) is 5.69 Å². The highest BCUT2D eigenvalue weighted by Gasteiger charge is 2.34. The molecule has 1 aromatic heterocycles. The molecule has 5 nitrogen and oxygen atoms in total. The maximum absolute atomic E-state index is 12.7. The van der Waals surface area contributed by atoms with E-state index in [4.69, 9.17) is 5.73 Å². The van der Waals surface area contributed by atoms with Crippen LogP contribution in [0, 0.1) is 12.3 Å². The molecule has 3 N–H and O–H groups in total. The molecule has 0 bridgehead atoms. The number of rotatable bonds is 5. The first-order valence-corrected chi connectivity index (χ1v) is 10.2. The van der Waals surface area contributed by atoms with Crippen molar-refractivity contribution in [2.24, 2.45) is 11.1 Å². The lowest BCUT2D eigenvalue weighted by atomic mass is 9.76. The number of fused-ring (bicyclic) bond motifs is 1. The first-order valence-electron chi connectivity index (χ1n) is 10.2. The molecule has 1 aliphatic rings. The Kier molecular flexibility index (Phi) is 4.98. The van der Waals surface area contributed by atoms with Gasteiger partial charge in [0.1, 0.15) is 0 Å². The molecule has 0 saturated heterocycles. The van der Waals surface area contributed by atoms with E-state index in [1.54, 1.807) is 12.1 Å². The van der Waals surface area contributed by atoms with E-state index in [0.29, 0.717) is 18.5 Å². The Labute approximate surface area is 176 Å². The molecular weight excluding hydrogens is 374 g/mol. The number of amides is 1. The van der Waals surface area contributed by atoms with Crippen LogP contribution in [-0.4, -0.2) is 16.3 Å². The van der Waals surface area contributed by atoms with Gasteiger partial charge < -0.3 is 15.6 Å². The van der Waals surface area contributed by atoms with E-state index in [9.17, 15) is 9.59 Å². The molecule has 1 aliphatic carbocycles. The Hall–Kier alpha value is -3.34. The fraction of sp³-hybridized carbons (Fsp3) is 0.280. The van der Waals surface area contributed by atoms with Crippen LogP contribution in [-0.2, 0) is 13.0 Å². The van der Waals surface area contributed by atoms with E-state index in [2.05, 4.69) is 35.9 Å². The number of primary amides is 1.